The minimum absolute atomic E-state index is 0.0483. The average Bonchev–Trinajstić information content (AvgIpc) is 2.44. The van der Waals surface area contributed by atoms with Crippen molar-refractivity contribution in [1.82, 2.24) is 10.3 Å². The number of piperidine rings is 1. The van der Waals surface area contributed by atoms with Crippen molar-refractivity contribution in [3.05, 3.63) is 30.5 Å². The third-order valence-corrected chi connectivity index (χ3v) is 3.42. The Morgan fingerprint density at radius 3 is 3.11 bits per heavy atom. The van der Waals surface area contributed by atoms with Crippen molar-refractivity contribution in [3.8, 4) is 0 Å². The lowest BCUT2D eigenvalue weighted by Gasteiger charge is -2.24. The van der Waals surface area contributed by atoms with Crippen LogP contribution in [0.5, 0.6) is 0 Å². The molecule has 5 nitrogen and oxygen atoms in total. The van der Waals surface area contributed by atoms with Crippen LogP contribution >= 0.6 is 0 Å². The van der Waals surface area contributed by atoms with Gasteiger partial charge in [-0.2, -0.15) is 0 Å². The highest BCUT2D eigenvalue weighted by Gasteiger charge is 2.22. The summed E-state index contributed by atoms with van der Waals surface area (Å²) in [6.07, 6.45) is 3.56. The van der Waals surface area contributed by atoms with Crippen LogP contribution in [-0.2, 0) is 4.79 Å². The normalized spacial score (nSPS) is 19.2. The summed E-state index contributed by atoms with van der Waals surface area (Å²) < 4.78 is 0. The van der Waals surface area contributed by atoms with Crippen molar-refractivity contribution in [2.45, 2.75) is 18.9 Å². The quantitative estimate of drug-likeness (QED) is 0.711. The van der Waals surface area contributed by atoms with Crippen LogP contribution in [0.3, 0.4) is 0 Å². The number of nitrogens with zero attached hydrogens (tertiary/aromatic N) is 1. The second kappa shape index (κ2) is 4.76. The van der Waals surface area contributed by atoms with Gasteiger partial charge in [0, 0.05) is 23.8 Å². The topological polar surface area (TPSA) is 80.0 Å². The second-order valence-electron chi connectivity index (χ2n) is 4.73. The van der Waals surface area contributed by atoms with E-state index in [1.54, 1.807) is 6.20 Å². The lowest BCUT2D eigenvalue weighted by atomic mass is 10.1. The van der Waals surface area contributed by atoms with Crippen LogP contribution in [-0.4, -0.2) is 23.5 Å². The third-order valence-electron chi connectivity index (χ3n) is 3.42. The SMILES string of the molecule is Nc1ccc(NC2CCCNC2=O)c2ncccc12. The van der Waals surface area contributed by atoms with Gasteiger partial charge in [-0.15, -0.1) is 0 Å². The van der Waals surface area contributed by atoms with Gasteiger partial charge in [-0.1, -0.05) is 0 Å². The maximum atomic E-state index is 11.8. The third kappa shape index (κ3) is 2.19. The van der Waals surface area contributed by atoms with Crippen molar-refractivity contribution in [2.24, 2.45) is 0 Å². The van der Waals surface area contributed by atoms with E-state index in [-0.39, 0.29) is 11.9 Å². The molecule has 1 amide bonds. The first-order valence-corrected chi connectivity index (χ1v) is 6.43. The van der Waals surface area contributed by atoms with E-state index in [1.165, 1.54) is 0 Å². The van der Waals surface area contributed by atoms with Gasteiger partial charge in [0.25, 0.3) is 0 Å². The number of nitrogens with two attached hydrogens (primary N) is 1. The van der Waals surface area contributed by atoms with Crippen LogP contribution < -0.4 is 16.4 Å². The number of rotatable bonds is 2. The molecule has 5 heteroatoms. The largest absolute Gasteiger partial charge is 0.398 e. The number of fused-ring (bicyclic) bond motifs is 1. The standard InChI is InChI=1S/C14H16N4O/c15-10-5-6-11(13-9(10)3-1-7-16-13)18-12-4-2-8-17-14(12)19/h1,3,5-7,12,18H,2,4,8,15H2,(H,17,19). The molecule has 98 valence electrons. The second-order valence-corrected chi connectivity index (χ2v) is 4.73. The molecule has 1 fully saturated rings. The summed E-state index contributed by atoms with van der Waals surface area (Å²) in [5, 5.41) is 7.04. The number of aromatic nitrogens is 1. The highest BCUT2D eigenvalue weighted by Crippen LogP contribution is 2.27. The van der Waals surface area contributed by atoms with Gasteiger partial charge in [0.05, 0.1) is 11.2 Å². The van der Waals surface area contributed by atoms with Crippen LogP contribution in [0.25, 0.3) is 10.9 Å². The molecular weight excluding hydrogens is 240 g/mol. The molecule has 0 aliphatic carbocycles. The van der Waals surface area contributed by atoms with E-state index in [4.69, 9.17) is 5.73 Å². The molecule has 2 aromatic rings. The minimum atomic E-state index is -0.192. The molecule has 0 bridgehead atoms. The predicted octanol–water partition coefficient (Wildman–Crippen LogP) is 1.51. The molecule has 1 atom stereocenters. The van der Waals surface area contributed by atoms with E-state index in [2.05, 4.69) is 15.6 Å². The average molecular weight is 256 g/mol. The number of carbonyl (C=O) groups is 1. The summed E-state index contributed by atoms with van der Waals surface area (Å²) >= 11 is 0. The number of hydrogen-bond donors (Lipinski definition) is 3. The molecule has 2 heterocycles. The molecule has 1 aromatic carbocycles. The van der Waals surface area contributed by atoms with Crippen LogP contribution in [0.15, 0.2) is 30.5 Å². The Labute approximate surface area is 111 Å². The Morgan fingerprint density at radius 2 is 2.26 bits per heavy atom. The first-order valence-electron chi connectivity index (χ1n) is 6.43. The number of carbonyl (C=O) groups excluding carboxylic acids is 1. The molecule has 0 radical (unpaired) electrons. The maximum Gasteiger partial charge on any atom is 0.242 e. The Bertz CT molecular complexity index is 626. The van der Waals surface area contributed by atoms with Crippen LogP contribution in [0.1, 0.15) is 12.8 Å². The van der Waals surface area contributed by atoms with E-state index in [0.717, 1.165) is 36.0 Å². The maximum absolute atomic E-state index is 11.8. The molecule has 1 aliphatic rings. The fourth-order valence-electron chi connectivity index (χ4n) is 2.41. The lowest BCUT2D eigenvalue weighted by Crippen LogP contribution is -2.44. The number of benzene rings is 1. The Kier molecular flexibility index (Phi) is 2.95. The van der Waals surface area contributed by atoms with Crippen molar-refractivity contribution in [3.63, 3.8) is 0 Å². The number of hydrogen-bond acceptors (Lipinski definition) is 4. The summed E-state index contributed by atoms with van der Waals surface area (Å²) in [5.74, 6) is 0.0483. The molecule has 1 aromatic heterocycles. The first kappa shape index (κ1) is 11.8. The van der Waals surface area contributed by atoms with Gasteiger partial charge in [-0.3, -0.25) is 9.78 Å². The zero-order valence-corrected chi connectivity index (χ0v) is 10.5. The Balaban J connectivity index is 1.97. The molecule has 19 heavy (non-hydrogen) atoms. The van der Waals surface area contributed by atoms with E-state index in [9.17, 15) is 4.79 Å². The summed E-state index contributed by atoms with van der Waals surface area (Å²) in [6, 6.07) is 7.32. The van der Waals surface area contributed by atoms with Gasteiger partial charge in [0.1, 0.15) is 6.04 Å². The molecule has 0 saturated carbocycles. The zero-order valence-electron chi connectivity index (χ0n) is 10.5. The molecule has 0 spiro atoms. The molecular formula is C14H16N4O. The van der Waals surface area contributed by atoms with Crippen LogP contribution in [0.2, 0.25) is 0 Å². The lowest BCUT2D eigenvalue weighted by molar-refractivity contribution is -0.123. The summed E-state index contributed by atoms with van der Waals surface area (Å²) in [4.78, 5) is 16.1. The number of nitrogen functional groups attached to an aromatic ring is 1. The van der Waals surface area contributed by atoms with Gasteiger partial charge < -0.3 is 16.4 Å². The zero-order chi connectivity index (χ0) is 13.2. The summed E-state index contributed by atoms with van der Waals surface area (Å²) in [5.41, 5.74) is 8.29. The summed E-state index contributed by atoms with van der Waals surface area (Å²) in [6.45, 7) is 0.762. The van der Waals surface area contributed by atoms with Gasteiger partial charge in [-0.05, 0) is 37.1 Å². The molecule has 3 rings (SSSR count). The number of anilines is 2. The first-order chi connectivity index (χ1) is 9.25. The summed E-state index contributed by atoms with van der Waals surface area (Å²) in [7, 11) is 0. The van der Waals surface area contributed by atoms with Gasteiger partial charge >= 0.3 is 0 Å². The molecule has 1 aliphatic heterocycles. The van der Waals surface area contributed by atoms with Gasteiger partial charge in [-0.25, -0.2) is 0 Å². The van der Waals surface area contributed by atoms with Gasteiger partial charge in [0.15, 0.2) is 0 Å². The molecule has 1 saturated heterocycles. The van der Waals surface area contributed by atoms with Gasteiger partial charge in [0.2, 0.25) is 5.91 Å². The molecule has 1 unspecified atom stereocenters. The minimum Gasteiger partial charge on any atom is -0.398 e. The Hall–Kier alpha value is -2.30. The fraction of sp³-hybridized carbons (Fsp3) is 0.286. The van der Waals surface area contributed by atoms with Crippen molar-refractivity contribution >= 4 is 28.2 Å². The van der Waals surface area contributed by atoms with Crippen molar-refractivity contribution in [1.29, 1.82) is 0 Å². The Morgan fingerprint density at radius 1 is 1.37 bits per heavy atom. The van der Waals surface area contributed by atoms with E-state index in [0.29, 0.717) is 5.69 Å². The molecule has 4 N–H and O–H groups in total. The smallest absolute Gasteiger partial charge is 0.242 e. The van der Waals surface area contributed by atoms with Crippen LogP contribution in [0, 0.1) is 0 Å². The van der Waals surface area contributed by atoms with E-state index >= 15 is 0 Å². The van der Waals surface area contributed by atoms with Crippen molar-refractivity contribution in [2.75, 3.05) is 17.6 Å². The highest BCUT2D eigenvalue weighted by atomic mass is 16.2. The monoisotopic (exact) mass is 256 g/mol. The number of pyridine rings is 1. The number of nitrogens with one attached hydrogen (secondary N) is 2. The highest BCUT2D eigenvalue weighted by molar-refractivity contribution is 5.99. The fourth-order valence-corrected chi connectivity index (χ4v) is 2.41. The number of amides is 1. The van der Waals surface area contributed by atoms with E-state index in [1.807, 2.05) is 24.3 Å². The predicted molar refractivity (Wildman–Crippen MR) is 75.8 cm³/mol. The van der Waals surface area contributed by atoms with E-state index < -0.39 is 0 Å². The van der Waals surface area contributed by atoms with Crippen molar-refractivity contribution < 1.29 is 4.79 Å². The van der Waals surface area contributed by atoms with Crippen LogP contribution in [0.4, 0.5) is 11.4 Å².